The van der Waals surface area contributed by atoms with Gasteiger partial charge in [-0.2, -0.15) is 10.1 Å². The fourth-order valence-electron chi connectivity index (χ4n) is 2.83. The third-order valence-corrected chi connectivity index (χ3v) is 5.10. The molecule has 0 saturated heterocycles. The van der Waals surface area contributed by atoms with Gasteiger partial charge in [0.25, 0.3) is 5.91 Å². The van der Waals surface area contributed by atoms with Crippen LogP contribution in [0.5, 0.6) is 5.75 Å². The van der Waals surface area contributed by atoms with Crippen molar-refractivity contribution in [3.05, 3.63) is 65.9 Å². The molecule has 0 radical (unpaired) electrons. The lowest BCUT2D eigenvalue weighted by Crippen LogP contribution is -2.22. The molecule has 2 aromatic carbocycles. The van der Waals surface area contributed by atoms with Gasteiger partial charge in [-0.1, -0.05) is 23.5 Å². The largest absolute Gasteiger partial charge is 0.497 e. The van der Waals surface area contributed by atoms with E-state index in [4.69, 9.17) is 4.74 Å². The van der Waals surface area contributed by atoms with Crippen LogP contribution in [0.1, 0.15) is 5.56 Å². The van der Waals surface area contributed by atoms with Gasteiger partial charge in [-0.15, -0.1) is 0 Å². The Bertz CT molecular complexity index is 1030. The lowest BCUT2D eigenvalue weighted by molar-refractivity contribution is -0.114. The fraction of sp³-hybridized carbons (Fsp3) is 0.150. The summed E-state index contributed by atoms with van der Waals surface area (Å²) in [7, 11) is 5.39. The van der Waals surface area contributed by atoms with Crippen molar-refractivity contribution in [1.82, 2.24) is 9.88 Å². The molecule has 3 aromatic rings. The van der Waals surface area contributed by atoms with Crippen LogP contribution >= 0.6 is 11.3 Å². The zero-order chi connectivity index (χ0) is 19.0. The average Bonchev–Trinajstić information content (AvgIpc) is 3.23. The van der Waals surface area contributed by atoms with Crippen molar-refractivity contribution in [3.63, 3.8) is 0 Å². The van der Waals surface area contributed by atoms with Gasteiger partial charge in [-0.25, -0.2) is 4.98 Å². The molecular formula is C20H18N4O2S. The second-order valence-electron chi connectivity index (χ2n) is 6.26. The van der Waals surface area contributed by atoms with E-state index in [9.17, 15) is 4.79 Å². The van der Waals surface area contributed by atoms with Crippen LogP contribution in [-0.2, 0) is 4.79 Å². The number of fused-ring (bicyclic) bond motifs is 1. The summed E-state index contributed by atoms with van der Waals surface area (Å²) < 4.78 is 6.24. The number of para-hydroxylation sites is 1. The highest BCUT2D eigenvalue weighted by molar-refractivity contribution is 7.22. The summed E-state index contributed by atoms with van der Waals surface area (Å²) in [6.07, 6.45) is 1.79. The lowest BCUT2D eigenvalue weighted by Gasteiger charge is -2.09. The molecule has 1 amide bonds. The molecule has 7 heteroatoms. The summed E-state index contributed by atoms with van der Waals surface area (Å²) in [5.41, 5.74) is 2.86. The van der Waals surface area contributed by atoms with E-state index < -0.39 is 0 Å². The first-order valence-corrected chi connectivity index (χ1v) is 9.20. The number of anilines is 1. The minimum atomic E-state index is -0.187. The summed E-state index contributed by atoms with van der Waals surface area (Å²) in [4.78, 5) is 19.5. The summed E-state index contributed by atoms with van der Waals surface area (Å²) in [5, 5.41) is 6.56. The Balaban J connectivity index is 1.80. The van der Waals surface area contributed by atoms with Crippen LogP contribution in [-0.4, -0.2) is 42.7 Å². The molecule has 6 nitrogen and oxygen atoms in total. The van der Waals surface area contributed by atoms with E-state index in [1.54, 1.807) is 13.3 Å². The Kier molecular flexibility index (Phi) is 4.37. The first-order chi connectivity index (χ1) is 13.1. The highest BCUT2D eigenvalue weighted by Gasteiger charge is 2.34. The molecule has 136 valence electrons. The predicted octanol–water partition coefficient (Wildman–Crippen LogP) is 3.50. The maximum Gasteiger partial charge on any atom is 0.284 e. The minimum absolute atomic E-state index is 0.187. The second kappa shape index (κ2) is 6.85. The third kappa shape index (κ3) is 3.17. The van der Waals surface area contributed by atoms with E-state index >= 15 is 0 Å². The molecule has 0 bridgehead atoms. The maximum atomic E-state index is 13.1. The van der Waals surface area contributed by atoms with Gasteiger partial charge in [0.1, 0.15) is 11.5 Å². The number of thiazole rings is 1. The van der Waals surface area contributed by atoms with E-state index in [1.165, 1.54) is 16.3 Å². The van der Waals surface area contributed by atoms with Gasteiger partial charge < -0.3 is 9.64 Å². The quantitative estimate of drug-likeness (QED) is 0.652. The molecule has 1 aliphatic rings. The number of carbonyl (C=O) groups excluding carboxylic acids is 1. The van der Waals surface area contributed by atoms with Crippen molar-refractivity contribution in [2.24, 2.45) is 5.10 Å². The number of aromatic nitrogens is 1. The molecule has 0 fully saturated rings. The number of benzene rings is 2. The van der Waals surface area contributed by atoms with E-state index in [0.29, 0.717) is 16.4 Å². The van der Waals surface area contributed by atoms with Crippen molar-refractivity contribution in [2.75, 3.05) is 26.2 Å². The number of hydrogen-bond donors (Lipinski definition) is 0. The Morgan fingerprint density at radius 1 is 1.11 bits per heavy atom. The van der Waals surface area contributed by atoms with Crippen LogP contribution in [0.15, 0.2) is 65.4 Å². The molecular weight excluding hydrogens is 360 g/mol. The van der Waals surface area contributed by atoms with E-state index in [2.05, 4.69) is 10.1 Å². The van der Waals surface area contributed by atoms with Gasteiger partial charge in [-0.05, 0) is 36.4 Å². The van der Waals surface area contributed by atoms with Gasteiger partial charge >= 0.3 is 0 Å². The van der Waals surface area contributed by atoms with E-state index in [0.717, 1.165) is 21.5 Å². The fourth-order valence-corrected chi connectivity index (χ4v) is 3.75. The molecule has 27 heavy (non-hydrogen) atoms. The molecule has 0 atom stereocenters. The predicted molar refractivity (Wildman–Crippen MR) is 108 cm³/mol. The Morgan fingerprint density at radius 2 is 1.85 bits per heavy atom. The second-order valence-corrected chi connectivity index (χ2v) is 7.27. The summed E-state index contributed by atoms with van der Waals surface area (Å²) in [5.74, 6) is 0.568. The molecule has 1 aromatic heterocycles. The molecule has 0 N–H and O–H groups in total. The average molecular weight is 378 g/mol. The molecule has 0 saturated carbocycles. The van der Waals surface area contributed by atoms with Crippen molar-refractivity contribution in [1.29, 1.82) is 0 Å². The first kappa shape index (κ1) is 17.2. The van der Waals surface area contributed by atoms with Gasteiger partial charge in [0.2, 0.25) is 5.13 Å². The number of amides is 1. The summed E-state index contributed by atoms with van der Waals surface area (Å²) in [6.45, 7) is 0. The number of rotatable bonds is 4. The molecule has 4 rings (SSSR count). The zero-order valence-electron chi connectivity index (χ0n) is 15.2. The maximum absolute atomic E-state index is 13.1. The van der Waals surface area contributed by atoms with Crippen molar-refractivity contribution in [3.8, 4) is 5.75 Å². The Hall–Kier alpha value is -3.19. The normalized spacial score (nSPS) is 15.5. The number of nitrogens with zero attached hydrogens (tertiary/aromatic N) is 4. The molecule has 0 unspecified atom stereocenters. The monoisotopic (exact) mass is 378 g/mol. The smallest absolute Gasteiger partial charge is 0.284 e. The van der Waals surface area contributed by atoms with E-state index in [-0.39, 0.29) is 5.91 Å². The van der Waals surface area contributed by atoms with Gasteiger partial charge in [0.05, 0.1) is 22.9 Å². The van der Waals surface area contributed by atoms with Crippen LogP contribution < -0.4 is 9.75 Å². The highest BCUT2D eigenvalue weighted by atomic mass is 32.1. The molecule has 2 heterocycles. The van der Waals surface area contributed by atoms with Crippen LogP contribution in [0.2, 0.25) is 0 Å². The number of ether oxygens (including phenoxy) is 1. The minimum Gasteiger partial charge on any atom is -0.497 e. The third-order valence-electron chi connectivity index (χ3n) is 4.09. The summed E-state index contributed by atoms with van der Waals surface area (Å²) in [6, 6.07) is 15.3. The Morgan fingerprint density at radius 3 is 2.52 bits per heavy atom. The van der Waals surface area contributed by atoms with Crippen molar-refractivity contribution >= 4 is 38.3 Å². The Labute approximate surface area is 161 Å². The number of hydrazone groups is 1. The van der Waals surface area contributed by atoms with Gasteiger partial charge in [0, 0.05) is 25.9 Å². The van der Waals surface area contributed by atoms with Gasteiger partial charge in [0.15, 0.2) is 0 Å². The lowest BCUT2D eigenvalue weighted by atomic mass is 10.0. The number of methoxy groups -OCH3 is 1. The van der Waals surface area contributed by atoms with Crippen LogP contribution in [0.4, 0.5) is 5.13 Å². The SMILES string of the molecule is COc1ccc(C2=NN(c3nc4ccccc4s3)C(=O)/C2=C\N(C)C)cc1. The van der Waals surface area contributed by atoms with Crippen molar-refractivity contribution in [2.45, 2.75) is 0 Å². The van der Waals surface area contributed by atoms with Crippen LogP contribution in [0, 0.1) is 0 Å². The number of carbonyl (C=O) groups is 1. The topological polar surface area (TPSA) is 58.0 Å². The van der Waals surface area contributed by atoms with E-state index in [1.807, 2.05) is 67.5 Å². The van der Waals surface area contributed by atoms with Gasteiger partial charge in [-0.3, -0.25) is 4.79 Å². The molecule has 0 aliphatic carbocycles. The molecule has 1 aliphatic heterocycles. The highest BCUT2D eigenvalue weighted by Crippen LogP contribution is 2.33. The standard InChI is InChI=1S/C20H18N4O2S/c1-23(2)12-15-18(13-8-10-14(26-3)11-9-13)22-24(19(15)25)20-21-16-6-4-5-7-17(16)27-20/h4-12H,1-3H3/b15-12-. The zero-order valence-corrected chi connectivity index (χ0v) is 16.0. The number of hydrogen-bond acceptors (Lipinski definition) is 6. The van der Waals surface area contributed by atoms with Crippen LogP contribution in [0.3, 0.4) is 0 Å². The molecule has 0 spiro atoms. The summed E-state index contributed by atoms with van der Waals surface area (Å²) >= 11 is 1.45. The first-order valence-electron chi connectivity index (χ1n) is 8.38. The van der Waals surface area contributed by atoms with Crippen molar-refractivity contribution < 1.29 is 9.53 Å². The van der Waals surface area contributed by atoms with Crippen LogP contribution in [0.25, 0.3) is 10.2 Å².